The summed E-state index contributed by atoms with van der Waals surface area (Å²) in [6.07, 6.45) is 2.70. The van der Waals surface area contributed by atoms with Gasteiger partial charge in [-0.2, -0.15) is 0 Å². The molecule has 0 spiro atoms. The number of hydrazine groups is 1. The van der Waals surface area contributed by atoms with E-state index in [2.05, 4.69) is 10.9 Å². The van der Waals surface area contributed by atoms with Crippen LogP contribution in [0.4, 0.5) is 4.39 Å². The fourth-order valence-corrected chi connectivity index (χ4v) is 2.88. The van der Waals surface area contributed by atoms with Crippen molar-refractivity contribution in [3.8, 4) is 5.75 Å². The first-order valence-electron chi connectivity index (χ1n) is 8.83. The Morgan fingerprint density at radius 2 is 1.96 bits per heavy atom. The zero-order valence-electron chi connectivity index (χ0n) is 15.0. The predicted octanol–water partition coefficient (Wildman–Crippen LogP) is 1.50. The van der Waals surface area contributed by atoms with Crippen LogP contribution in [-0.2, 0) is 9.59 Å². The predicted molar refractivity (Wildman–Crippen MR) is 95.5 cm³/mol. The van der Waals surface area contributed by atoms with Crippen molar-refractivity contribution in [3.63, 3.8) is 0 Å². The van der Waals surface area contributed by atoms with Crippen molar-refractivity contribution < 1.29 is 27.9 Å². The molecular weight excluding hydrogens is 369 g/mol. The Kier molecular flexibility index (Phi) is 6.25. The number of rotatable bonds is 5. The molecule has 148 valence electrons. The minimum atomic E-state index is -0.558. The van der Waals surface area contributed by atoms with E-state index in [9.17, 15) is 18.8 Å². The van der Waals surface area contributed by atoms with Crippen LogP contribution in [0.5, 0.6) is 5.75 Å². The molecule has 0 unspecified atom stereocenters. The first-order valence-corrected chi connectivity index (χ1v) is 8.83. The smallest absolute Gasteiger partial charge is 0.289 e. The summed E-state index contributed by atoms with van der Waals surface area (Å²) in [7, 11) is 0. The number of carbonyl (C=O) groups excluding carboxylic acids is 3. The highest BCUT2D eigenvalue weighted by Gasteiger charge is 2.30. The highest BCUT2D eigenvalue weighted by Crippen LogP contribution is 2.19. The Bertz CT molecular complexity index is 823. The number of hydrogen-bond acceptors (Lipinski definition) is 5. The SMILES string of the molecule is O=C(COc1ccc(F)cc1)NNC(=O)[C@@H]1CCCN(C(=O)c2ccco2)C1. The molecule has 0 aliphatic carbocycles. The highest BCUT2D eigenvalue weighted by molar-refractivity contribution is 5.92. The number of hydrogen-bond donors (Lipinski definition) is 2. The molecule has 1 aromatic heterocycles. The number of nitrogens with one attached hydrogen (secondary N) is 2. The van der Waals surface area contributed by atoms with Crippen LogP contribution in [0.2, 0.25) is 0 Å². The van der Waals surface area contributed by atoms with Gasteiger partial charge in [0.05, 0.1) is 12.2 Å². The van der Waals surface area contributed by atoms with Gasteiger partial charge in [-0.3, -0.25) is 25.2 Å². The average molecular weight is 389 g/mol. The highest BCUT2D eigenvalue weighted by atomic mass is 19.1. The maximum atomic E-state index is 12.8. The Labute approximate surface area is 160 Å². The number of nitrogens with zero attached hydrogens (tertiary/aromatic N) is 1. The zero-order chi connectivity index (χ0) is 19.9. The summed E-state index contributed by atoms with van der Waals surface area (Å²) in [5.41, 5.74) is 4.63. The molecule has 1 aromatic carbocycles. The van der Waals surface area contributed by atoms with Crippen molar-refractivity contribution in [2.24, 2.45) is 5.92 Å². The molecule has 0 radical (unpaired) electrons. The van der Waals surface area contributed by atoms with Crippen LogP contribution in [0, 0.1) is 11.7 Å². The molecule has 1 fully saturated rings. The average Bonchev–Trinajstić information content (AvgIpc) is 3.26. The topological polar surface area (TPSA) is 101 Å². The van der Waals surface area contributed by atoms with Crippen LogP contribution in [0.1, 0.15) is 23.4 Å². The number of benzene rings is 1. The standard InChI is InChI=1S/C19H20FN3O5/c20-14-5-7-15(8-6-14)28-12-17(24)21-22-18(25)13-3-1-9-23(11-13)19(26)16-4-2-10-27-16/h2,4-8,10,13H,1,3,9,11-12H2,(H,21,24)(H,22,25)/t13-/m1/s1. The molecule has 3 amide bonds. The lowest BCUT2D eigenvalue weighted by Gasteiger charge is -2.31. The van der Waals surface area contributed by atoms with Crippen LogP contribution in [0.25, 0.3) is 0 Å². The fourth-order valence-electron chi connectivity index (χ4n) is 2.88. The monoisotopic (exact) mass is 389 g/mol. The lowest BCUT2D eigenvalue weighted by molar-refractivity contribution is -0.132. The van der Waals surface area contributed by atoms with Crippen LogP contribution in [0.15, 0.2) is 47.1 Å². The molecule has 1 aliphatic heterocycles. The van der Waals surface area contributed by atoms with Crippen molar-refractivity contribution in [3.05, 3.63) is 54.2 Å². The quantitative estimate of drug-likeness (QED) is 0.755. The molecular formula is C19H20FN3O5. The van der Waals surface area contributed by atoms with Crippen molar-refractivity contribution in [1.29, 1.82) is 0 Å². The number of piperidine rings is 1. The summed E-state index contributed by atoms with van der Waals surface area (Å²) < 4.78 is 23.1. The number of halogens is 1. The third kappa shape index (κ3) is 5.09. The van der Waals surface area contributed by atoms with Gasteiger partial charge in [-0.15, -0.1) is 0 Å². The van der Waals surface area contributed by atoms with Crippen molar-refractivity contribution >= 4 is 17.7 Å². The molecule has 1 aliphatic rings. The Hall–Kier alpha value is -3.36. The molecule has 0 saturated carbocycles. The van der Waals surface area contributed by atoms with Gasteiger partial charge in [-0.05, 0) is 49.2 Å². The molecule has 9 heteroatoms. The van der Waals surface area contributed by atoms with E-state index in [-0.39, 0.29) is 30.7 Å². The lowest BCUT2D eigenvalue weighted by Crippen LogP contribution is -2.50. The number of amides is 3. The van der Waals surface area contributed by atoms with Gasteiger partial charge in [0.25, 0.3) is 11.8 Å². The van der Waals surface area contributed by atoms with Crippen LogP contribution < -0.4 is 15.6 Å². The Morgan fingerprint density at radius 3 is 2.68 bits per heavy atom. The van der Waals surface area contributed by atoms with Crippen LogP contribution in [0.3, 0.4) is 0 Å². The lowest BCUT2D eigenvalue weighted by atomic mass is 9.97. The van der Waals surface area contributed by atoms with Crippen LogP contribution >= 0.6 is 0 Å². The molecule has 1 atom stereocenters. The largest absolute Gasteiger partial charge is 0.484 e. The summed E-state index contributed by atoms with van der Waals surface area (Å²) in [6, 6.07) is 8.43. The van der Waals surface area contributed by atoms with E-state index in [1.807, 2.05) is 0 Å². The molecule has 28 heavy (non-hydrogen) atoms. The van der Waals surface area contributed by atoms with E-state index in [0.717, 1.165) is 0 Å². The van der Waals surface area contributed by atoms with Gasteiger partial charge in [0.1, 0.15) is 11.6 Å². The van der Waals surface area contributed by atoms with Gasteiger partial charge >= 0.3 is 0 Å². The summed E-state index contributed by atoms with van der Waals surface area (Å²) in [4.78, 5) is 38.0. The van der Waals surface area contributed by atoms with Gasteiger partial charge in [-0.1, -0.05) is 0 Å². The minimum absolute atomic E-state index is 0.229. The molecule has 2 heterocycles. The van der Waals surface area contributed by atoms with Gasteiger partial charge < -0.3 is 14.1 Å². The van der Waals surface area contributed by atoms with Gasteiger partial charge in [0.15, 0.2) is 12.4 Å². The number of furan rings is 1. The van der Waals surface area contributed by atoms with E-state index in [4.69, 9.17) is 9.15 Å². The van der Waals surface area contributed by atoms with E-state index in [0.29, 0.717) is 25.1 Å². The van der Waals surface area contributed by atoms with E-state index in [1.165, 1.54) is 30.5 Å². The summed E-state index contributed by atoms with van der Waals surface area (Å²) >= 11 is 0. The third-order valence-electron chi connectivity index (χ3n) is 4.32. The third-order valence-corrected chi connectivity index (χ3v) is 4.32. The fraction of sp³-hybridized carbons (Fsp3) is 0.316. The maximum absolute atomic E-state index is 12.8. The first kappa shape index (κ1) is 19.4. The van der Waals surface area contributed by atoms with Crippen molar-refractivity contribution in [1.82, 2.24) is 15.8 Å². The summed E-state index contributed by atoms with van der Waals surface area (Å²) in [5.74, 6) is -1.49. The number of ether oxygens (including phenoxy) is 1. The van der Waals surface area contributed by atoms with Crippen molar-refractivity contribution in [2.45, 2.75) is 12.8 Å². The van der Waals surface area contributed by atoms with Crippen LogP contribution in [-0.4, -0.2) is 42.3 Å². The minimum Gasteiger partial charge on any atom is -0.484 e. The van der Waals surface area contributed by atoms with E-state index in [1.54, 1.807) is 17.0 Å². The number of likely N-dealkylation sites (tertiary alicyclic amines) is 1. The summed E-state index contributed by atoms with van der Waals surface area (Å²) in [6.45, 7) is 0.453. The van der Waals surface area contributed by atoms with Gasteiger partial charge in [-0.25, -0.2) is 4.39 Å². The Morgan fingerprint density at radius 1 is 1.18 bits per heavy atom. The molecule has 8 nitrogen and oxygen atoms in total. The molecule has 3 rings (SSSR count). The molecule has 0 bridgehead atoms. The van der Waals surface area contributed by atoms with E-state index < -0.39 is 17.6 Å². The zero-order valence-corrected chi connectivity index (χ0v) is 15.0. The molecule has 2 N–H and O–H groups in total. The summed E-state index contributed by atoms with van der Waals surface area (Å²) in [5, 5.41) is 0. The molecule has 2 aromatic rings. The first-order chi connectivity index (χ1) is 13.5. The number of carbonyl (C=O) groups is 3. The van der Waals surface area contributed by atoms with Crippen molar-refractivity contribution in [2.75, 3.05) is 19.7 Å². The second-order valence-corrected chi connectivity index (χ2v) is 6.35. The second kappa shape index (κ2) is 9.03. The molecule has 1 saturated heterocycles. The maximum Gasteiger partial charge on any atom is 0.289 e. The second-order valence-electron chi connectivity index (χ2n) is 6.35. The van der Waals surface area contributed by atoms with E-state index >= 15 is 0 Å². The normalized spacial score (nSPS) is 16.3. The van der Waals surface area contributed by atoms with Gasteiger partial charge in [0, 0.05) is 13.1 Å². The van der Waals surface area contributed by atoms with Gasteiger partial charge in [0.2, 0.25) is 5.91 Å². The Balaban J connectivity index is 1.43.